The molecule has 7 nitrogen and oxygen atoms in total. The van der Waals surface area contributed by atoms with Crippen molar-refractivity contribution in [2.75, 3.05) is 19.0 Å². The first-order valence-electron chi connectivity index (χ1n) is 8.76. The van der Waals surface area contributed by atoms with E-state index in [2.05, 4.69) is 20.5 Å². The number of ether oxygens (including phenoxy) is 1. The van der Waals surface area contributed by atoms with Crippen molar-refractivity contribution in [3.05, 3.63) is 24.5 Å². The molecule has 8 heteroatoms. The predicted octanol–water partition coefficient (Wildman–Crippen LogP) is 2.77. The van der Waals surface area contributed by atoms with Crippen molar-refractivity contribution in [1.82, 2.24) is 25.1 Å². The van der Waals surface area contributed by atoms with Gasteiger partial charge in [0.15, 0.2) is 11.0 Å². The number of pyridine rings is 1. The van der Waals surface area contributed by atoms with Crippen molar-refractivity contribution in [1.29, 1.82) is 0 Å². The van der Waals surface area contributed by atoms with Gasteiger partial charge in [-0.05, 0) is 46.2 Å². The van der Waals surface area contributed by atoms with E-state index in [1.165, 1.54) is 11.8 Å². The third-order valence-corrected chi connectivity index (χ3v) is 4.34. The lowest BCUT2D eigenvalue weighted by atomic mass is 10.1. The second-order valence-electron chi connectivity index (χ2n) is 6.83. The van der Waals surface area contributed by atoms with E-state index in [4.69, 9.17) is 4.74 Å². The zero-order valence-corrected chi connectivity index (χ0v) is 16.7. The first kappa shape index (κ1) is 20.4. The normalized spacial score (nSPS) is 11.5. The molecule has 0 aliphatic rings. The summed E-state index contributed by atoms with van der Waals surface area (Å²) >= 11 is 1.40. The summed E-state index contributed by atoms with van der Waals surface area (Å²) in [5.74, 6) is 1.07. The number of carbonyl (C=O) groups excluding carboxylic acids is 1. The molecular weight excluding hydrogens is 350 g/mol. The molecule has 1 N–H and O–H groups in total. The Morgan fingerprint density at radius 3 is 2.65 bits per heavy atom. The predicted molar refractivity (Wildman–Crippen MR) is 103 cm³/mol. The SMILES string of the molecule is CCOCCCn1c(SCC(=O)NC(C)(C)C)nnc1-c1ccncc1. The van der Waals surface area contributed by atoms with Gasteiger partial charge < -0.3 is 14.6 Å². The monoisotopic (exact) mass is 377 g/mol. The molecule has 2 heterocycles. The van der Waals surface area contributed by atoms with Crippen LogP contribution in [0.3, 0.4) is 0 Å². The molecule has 0 unspecified atom stereocenters. The zero-order valence-electron chi connectivity index (χ0n) is 15.9. The molecule has 0 bridgehead atoms. The maximum atomic E-state index is 12.1. The zero-order chi connectivity index (χ0) is 19.0. The Balaban J connectivity index is 2.12. The minimum atomic E-state index is -0.245. The van der Waals surface area contributed by atoms with Gasteiger partial charge in [-0.15, -0.1) is 10.2 Å². The largest absolute Gasteiger partial charge is 0.382 e. The van der Waals surface area contributed by atoms with Crippen LogP contribution in [-0.4, -0.2) is 50.2 Å². The van der Waals surface area contributed by atoms with Gasteiger partial charge in [0.2, 0.25) is 5.91 Å². The Morgan fingerprint density at radius 1 is 1.27 bits per heavy atom. The number of hydrogen-bond acceptors (Lipinski definition) is 6. The van der Waals surface area contributed by atoms with Crippen LogP contribution in [-0.2, 0) is 16.1 Å². The minimum Gasteiger partial charge on any atom is -0.382 e. The lowest BCUT2D eigenvalue weighted by Crippen LogP contribution is -2.41. The Labute approximate surface area is 158 Å². The van der Waals surface area contributed by atoms with E-state index in [1.54, 1.807) is 12.4 Å². The van der Waals surface area contributed by atoms with E-state index in [0.717, 1.165) is 29.5 Å². The van der Waals surface area contributed by atoms with E-state index in [-0.39, 0.29) is 11.4 Å². The quantitative estimate of drug-likeness (QED) is 0.534. The topological polar surface area (TPSA) is 81.9 Å². The summed E-state index contributed by atoms with van der Waals surface area (Å²) < 4.78 is 7.48. The number of aromatic nitrogens is 4. The van der Waals surface area contributed by atoms with E-state index in [1.807, 2.05) is 44.4 Å². The van der Waals surface area contributed by atoms with Crippen molar-refractivity contribution in [2.24, 2.45) is 0 Å². The van der Waals surface area contributed by atoms with E-state index < -0.39 is 0 Å². The molecule has 0 atom stereocenters. The maximum absolute atomic E-state index is 12.1. The molecule has 0 fully saturated rings. The van der Waals surface area contributed by atoms with Gasteiger partial charge in [0.25, 0.3) is 0 Å². The molecule has 0 aromatic carbocycles. The van der Waals surface area contributed by atoms with Crippen molar-refractivity contribution in [2.45, 2.75) is 51.4 Å². The molecule has 2 aromatic heterocycles. The van der Waals surface area contributed by atoms with Crippen LogP contribution < -0.4 is 5.32 Å². The Kier molecular flexibility index (Phi) is 7.59. The van der Waals surface area contributed by atoms with Gasteiger partial charge >= 0.3 is 0 Å². The van der Waals surface area contributed by atoms with E-state index in [0.29, 0.717) is 19.0 Å². The molecule has 0 saturated heterocycles. The summed E-state index contributed by atoms with van der Waals surface area (Å²) in [7, 11) is 0. The highest BCUT2D eigenvalue weighted by Gasteiger charge is 2.18. The fraction of sp³-hybridized carbons (Fsp3) is 0.556. The van der Waals surface area contributed by atoms with Crippen LogP contribution in [0.4, 0.5) is 0 Å². The molecule has 1 amide bonds. The fourth-order valence-corrected chi connectivity index (χ4v) is 3.13. The summed E-state index contributed by atoms with van der Waals surface area (Å²) in [5.41, 5.74) is 0.709. The van der Waals surface area contributed by atoms with E-state index >= 15 is 0 Å². The Bertz CT molecular complexity index is 697. The van der Waals surface area contributed by atoms with Crippen LogP contribution in [0, 0.1) is 0 Å². The average Bonchev–Trinajstić information content (AvgIpc) is 2.99. The molecule has 142 valence electrons. The second-order valence-corrected chi connectivity index (χ2v) is 7.77. The third kappa shape index (κ3) is 6.42. The summed E-state index contributed by atoms with van der Waals surface area (Å²) in [4.78, 5) is 16.2. The van der Waals surface area contributed by atoms with Gasteiger partial charge in [-0.2, -0.15) is 0 Å². The molecular formula is C18H27N5O2S. The summed E-state index contributed by atoms with van der Waals surface area (Å²) in [6.45, 7) is 9.99. The molecule has 0 aliphatic carbocycles. The standard InChI is InChI=1S/C18H27N5O2S/c1-5-25-12-6-11-23-16(14-7-9-19-10-8-14)21-22-17(23)26-13-15(24)20-18(2,3)4/h7-10H,5-6,11-13H2,1-4H3,(H,20,24). The third-order valence-electron chi connectivity index (χ3n) is 3.38. The lowest BCUT2D eigenvalue weighted by Gasteiger charge is -2.20. The Morgan fingerprint density at radius 2 is 2.00 bits per heavy atom. The Hall–Kier alpha value is -1.93. The molecule has 0 radical (unpaired) electrons. The first-order valence-corrected chi connectivity index (χ1v) is 9.74. The highest BCUT2D eigenvalue weighted by Crippen LogP contribution is 2.24. The van der Waals surface area contributed by atoms with Gasteiger partial charge in [-0.25, -0.2) is 0 Å². The number of amides is 1. The molecule has 2 aromatic rings. The second kappa shape index (κ2) is 9.68. The van der Waals surface area contributed by atoms with Gasteiger partial charge in [0.05, 0.1) is 5.75 Å². The fourth-order valence-electron chi connectivity index (χ4n) is 2.37. The summed E-state index contributed by atoms with van der Waals surface area (Å²) in [6.07, 6.45) is 4.32. The maximum Gasteiger partial charge on any atom is 0.230 e. The van der Waals surface area contributed by atoms with Gasteiger partial charge in [0, 0.05) is 43.3 Å². The average molecular weight is 378 g/mol. The molecule has 2 rings (SSSR count). The van der Waals surface area contributed by atoms with Crippen LogP contribution in [0.5, 0.6) is 0 Å². The van der Waals surface area contributed by atoms with Crippen LogP contribution in [0.25, 0.3) is 11.4 Å². The number of nitrogens with one attached hydrogen (secondary N) is 1. The number of carbonyl (C=O) groups is 1. The van der Waals surface area contributed by atoms with Crippen LogP contribution in [0.2, 0.25) is 0 Å². The summed E-state index contributed by atoms with van der Waals surface area (Å²) in [6, 6.07) is 3.81. The van der Waals surface area contributed by atoms with Crippen LogP contribution in [0.15, 0.2) is 29.7 Å². The number of rotatable bonds is 9. The van der Waals surface area contributed by atoms with Gasteiger partial charge in [0.1, 0.15) is 0 Å². The van der Waals surface area contributed by atoms with Crippen molar-refractivity contribution in [3.63, 3.8) is 0 Å². The van der Waals surface area contributed by atoms with Crippen LogP contribution >= 0.6 is 11.8 Å². The van der Waals surface area contributed by atoms with E-state index in [9.17, 15) is 4.79 Å². The van der Waals surface area contributed by atoms with Crippen molar-refractivity contribution in [3.8, 4) is 11.4 Å². The molecule has 26 heavy (non-hydrogen) atoms. The molecule has 0 aliphatic heterocycles. The molecule has 0 saturated carbocycles. The van der Waals surface area contributed by atoms with Crippen molar-refractivity contribution < 1.29 is 9.53 Å². The highest BCUT2D eigenvalue weighted by molar-refractivity contribution is 7.99. The number of thioether (sulfide) groups is 1. The smallest absolute Gasteiger partial charge is 0.230 e. The van der Waals surface area contributed by atoms with Gasteiger partial charge in [-0.3, -0.25) is 9.78 Å². The lowest BCUT2D eigenvalue weighted by molar-refractivity contribution is -0.119. The number of nitrogens with zero attached hydrogens (tertiary/aromatic N) is 4. The van der Waals surface area contributed by atoms with Crippen molar-refractivity contribution >= 4 is 17.7 Å². The molecule has 0 spiro atoms. The summed E-state index contributed by atoms with van der Waals surface area (Å²) in [5, 5.41) is 12.3. The first-order chi connectivity index (χ1) is 12.4. The highest BCUT2D eigenvalue weighted by atomic mass is 32.2. The van der Waals surface area contributed by atoms with Gasteiger partial charge in [-0.1, -0.05) is 11.8 Å². The number of hydrogen-bond donors (Lipinski definition) is 1. The minimum absolute atomic E-state index is 0.0168. The van der Waals surface area contributed by atoms with Crippen LogP contribution in [0.1, 0.15) is 34.1 Å².